The molecule has 0 bridgehead atoms. The van der Waals surface area contributed by atoms with Crippen molar-refractivity contribution >= 4 is 22.6 Å². The number of ether oxygens (including phenoxy) is 2. The van der Waals surface area contributed by atoms with Gasteiger partial charge in [0.2, 0.25) is 0 Å². The van der Waals surface area contributed by atoms with Gasteiger partial charge >= 0.3 is 0 Å². The second-order valence-electron chi connectivity index (χ2n) is 4.25. The second-order valence-corrected chi connectivity index (χ2v) is 5.04. The Morgan fingerprint density at radius 3 is 2.52 bits per heavy atom. The molecule has 0 spiro atoms. The van der Waals surface area contributed by atoms with Crippen molar-refractivity contribution in [2.24, 2.45) is 4.99 Å². The average molecular weight is 331 g/mol. The van der Waals surface area contributed by atoms with E-state index >= 15 is 0 Å². The molecule has 23 heavy (non-hydrogen) atoms. The van der Waals surface area contributed by atoms with E-state index in [4.69, 9.17) is 14.7 Å². The second kappa shape index (κ2) is 8.06. The smallest absolute Gasteiger partial charge is 0.183 e. The summed E-state index contributed by atoms with van der Waals surface area (Å²) in [4.78, 5) is 4.21. The van der Waals surface area contributed by atoms with Crippen molar-refractivity contribution in [1.82, 2.24) is 5.32 Å². The lowest BCUT2D eigenvalue weighted by Gasteiger charge is -2.10. The van der Waals surface area contributed by atoms with E-state index < -0.39 is 5.82 Å². The largest absolute Gasteiger partial charge is 0.497 e. The highest BCUT2D eigenvalue weighted by molar-refractivity contribution is 8.13. The Morgan fingerprint density at radius 2 is 1.91 bits per heavy atom. The van der Waals surface area contributed by atoms with Crippen LogP contribution in [-0.2, 0) is 0 Å². The van der Waals surface area contributed by atoms with Gasteiger partial charge in [0, 0.05) is 6.07 Å². The predicted molar refractivity (Wildman–Crippen MR) is 88.8 cm³/mol. The van der Waals surface area contributed by atoms with Crippen molar-refractivity contribution in [2.75, 3.05) is 13.4 Å². The van der Waals surface area contributed by atoms with Crippen LogP contribution in [-0.4, -0.2) is 18.5 Å². The number of thioether (sulfide) groups is 1. The molecule has 0 amide bonds. The van der Waals surface area contributed by atoms with E-state index in [1.807, 2.05) is 0 Å². The number of nitriles is 1. The van der Waals surface area contributed by atoms with Gasteiger partial charge in [-0.3, -0.25) is 5.32 Å². The minimum absolute atomic E-state index is 0.285. The number of aliphatic imine (C=N–C) groups is 1. The molecule has 0 aliphatic heterocycles. The summed E-state index contributed by atoms with van der Waals surface area (Å²) in [5, 5.41) is 11.5. The van der Waals surface area contributed by atoms with Gasteiger partial charge in [0.05, 0.1) is 7.11 Å². The van der Waals surface area contributed by atoms with Gasteiger partial charge in [0.1, 0.15) is 23.0 Å². The predicted octanol–water partition coefficient (Wildman–Crippen LogP) is 4.05. The van der Waals surface area contributed by atoms with E-state index in [2.05, 4.69) is 10.3 Å². The molecular weight excluding hydrogens is 317 g/mol. The molecule has 5 nitrogen and oxygen atoms in total. The van der Waals surface area contributed by atoms with E-state index in [0.29, 0.717) is 22.4 Å². The van der Waals surface area contributed by atoms with Gasteiger partial charge in [-0.15, -0.1) is 0 Å². The summed E-state index contributed by atoms with van der Waals surface area (Å²) in [5.74, 6) is 1.21. The highest BCUT2D eigenvalue weighted by Gasteiger charge is 2.08. The van der Waals surface area contributed by atoms with Gasteiger partial charge < -0.3 is 9.47 Å². The lowest BCUT2D eigenvalue weighted by atomic mass is 10.3. The molecule has 0 aliphatic carbocycles. The molecule has 7 heteroatoms. The average Bonchev–Trinajstić information content (AvgIpc) is 2.57. The lowest BCUT2D eigenvalue weighted by Crippen LogP contribution is -2.12. The Bertz CT molecular complexity index is 742. The van der Waals surface area contributed by atoms with Crippen LogP contribution >= 0.6 is 11.8 Å². The van der Waals surface area contributed by atoms with Crippen molar-refractivity contribution < 1.29 is 13.9 Å². The molecule has 0 aliphatic rings. The molecule has 0 saturated heterocycles. The summed E-state index contributed by atoms with van der Waals surface area (Å²) in [5.41, 5.74) is 0.285. The molecule has 0 aromatic heterocycles. The number of hydrogen-bond acceptors (Lipinski definition) is 5. The third-order valence-electron chi connectivity index (χ3n) is 2.79. The number of methoxy groups -OCH3 is 1. The zero-order valence-electron chi connectivity index (χ0n) is 12.5. The zero-order chi connectivity index (χ0) is 16.7. The standard InChI is InChI=1S/C16H14FN3O2S/c1-21-12-4-6-13(7-5-12)22-15-8-3-11(17)9-14(15)20-16(23-2)19-10-18/h3-9H,1-2H3,(H,19,20). The summed E-state index contributed by atoms with van der Waals surface area (Å²) in [6.45, 7) is 0. The first kappa shape index (κ1) is 16.6. The van der Waals surface area contributed by atoms with Crippen LogP contribution < -0.4 is 14.8 Å². The number of nitrogens with one attached hydrogen (secondary N) is 1. The Hall–Kier alpha value is -2.72. The molecule has 0 fully saturated rings. The van der Waals surface area contributed by atoms with Crippen LogP contribution in [0.25, 0.3) is 0 Å². The maximum Gasteiger partial charge on any atom is 0.183 e. The number of amidine groups is 1. The minimum atomic E-state index is -0.441. The lowest BCUT2D eigenvalue weighted by molar-refractivity contribution is 0.413. The van der Waals surface area contributed by atoms with Crippen molar-refractivity contribution in [3.8, 4) is 23.4 Å². The van der Waals surface area contributed by atoms with Gasteiger partial charge in [0.15, 0.2) is 17.1 Å². The minimum Gasteiger partial charge on any atom is -0.497 e. The Morgan fingerprint density at radius 1 is 1.22 bits per heavy atom. The van der Waals surface area contributed by atoms with Crippen molar-refractivity contribution in [3.63, 3.8) is 0 Å². The molecule has 0 atom stereocenters. The first-order chi connectivity index (χ1) is 11.2. The van der Waals surface area contributed by atoms with E-state index in [-0.39, 0.29) is 5.69 Å². The summed E-state index contributed by atoms with van der Waals surface area (Å²) in [6, 6.07) is 11.0. The number of nitrogens with zero attached hydrogens (tertiary/aromatic N) is 2. The molecule has 118 valence electrons. The first-order valence-electron chi connectivity index (χ1n) is 6.55. The van der Waals surface area contributed by atoms with Crippen LogP contribution in [0.4, 0.5) is 10.1 Å². The first-order valence-corrected chi connectivity index (χ1v) is 7.78. The van der Waals surface area contributed by atoms with Crippen molar-refractivity contribution in [2.45, 2.75) is 0 Å². The van der Waals surface area contributed by atoms with E-state index in [1.54, 1.807) is 43.8 Å². The van der Waals surface area contributed by atoms with Crippen LogP contribution in [0.1, 0.15) is 0 Å². The number of halogens is 1. The quantitative estimate of drug-likeness (QED) is 0.396. The van der Waals surface area contributed by atoms with Crippen LogP contribution in [0.3, 0.4) is 0 Å². The third-order valence-corrected chi connectivity index (χ3v) is 3.37. The molecule has 0 radical (unpaired) electrons. The van der Waals surface area contributed by atoms with Gasteiger partial charge in [-0.1, -0.05) is 11.8 Å². The molecule has 1 N–H and O–H groups in total. The monoisotopic (exact) mass is 331 g/mol. The Labute approximate surface area is 137 Å². The van der Waals surface area contributed by atoms with E-state index in [0.717, 1.165) is 0 Å². The van der Waals surface area contributed by atoms with Gasteiger partial charge in [0.25, 0.3) is 0 Å². The van der Waals surface area contributed by atoms with Gasteiger partial charge in [-0.25, -0.2) is 9.38 Å². The highest BCUT2D eigenvalue weighted by Crippen LogP contribution is 2.33. The van der Waals surface area contributed by atoms with Gasteiger partial charge in [-0.05, 0) is 42.7 Å². The fourth-order valence-electron chi connectivity index (χ4n) is 1.72. The number of hydrogen-bond donors (Lipinski definition) is 1. The van der Waals surface area contributed by atoms with E-state index in [1.165, 1.54) is 30.0 Å². The summed E-state index contributed by atoms with van der Waals surface area (Å²) in [7, 11) is 1.58. The highest BCUT2D eigenvalue weighted by atomic mass is 32.2. The Kier molecular flexibility index (Phi) is 5.83. The molecule has 0 heterocycles. The summed E-state index contributed by atoms with van der Waals surface area (Å²) >= 11 is 1.24. The molecule has 2 aromatic carbocycles. The molecule has 0 saturated carbocycles. The number of rotatable bonds is 4. The van der Waals surface area contributed by atoms with Crippen LogP contribution in [0.5, 0.6) is 17.2 Å². The molecule has 2 rings (SSSR count). The van der Waals surface area contributed by atoms with Gasteiger partial charge in [-0.2, -0.15) is 5.26 Å². The Balaban J connectivity index is 2.32. The van der Waals surface area contributed by atoms with Crippen LogP contribution in [0, 0.1) is 17.3 Å². The van der Waals surface area contributed by atoms with E-state index in [9.17, 15) is 4.39 Å². The normalized spacial score (nSPS) is 10.8. The maximum atomic E-state index is 13.5. The molecule has 2 aromatic rings. The fraction of sp³-hybridized carbons (Fsp3) is 0.125. The SMILES string of the molecule is COc1ccc(Oc2ccc(F)cc2N=C(NC#N)SC)cc1. The van der Waals surface area contributed by atoms with Crippen molar-refractivity contribution in [3.05, 3.63) is 48.3 Å². The third kappa shape index (κ3) is 4.63. The number of benzene rings is 2. The fourth-order valence-corrected chi connectivity index (χ4v) is 2.05. The molecule has 0 unspecified atom stereocenters. The molecular formula is C16H14FN3O2S. The summed E-state index contributed by atoms with van der Waals surface area (Å²) < 4.78 is 24.3. The summed E-state index contributed by atoms with van der Waals surface area (Å²) in [6.07, 6.45) is 3.54. The van der Waals surface area contributed by atoms with Crippen LogP contribution in [0.15, 0.2) is 47.5 Å². The maximum absolute atomic E-state index is 13.5. The van der Waals surface area contributed by atoms with Crippen LogP contribution in [0.2, 0.25) is 0 Å². The topological polar surface area (TPSA) is 66.6 Å². The van der Waals surface area contributed by atoms with Crippen molar-refractivity contribution in [1.29, 1.82) is 5.26 Å². The zero-order valence-corrected chi connectivity index (χ0v) is 13.4.